The highest BCUT2D eigenvalue weighted by Gasteiger charge is 2.43. The first-order valence-electron chi connectivity index (χ1n) is 10.3. The topological polar surface area (TPSA) is 66.8 Å². The second-order valence-electron chi connectivity index (χ2n) is 9.09. The first-order chi connectivity index (χ1) is 14.1. The van der Waals surface area contributed by atoms with Crippen LogP contribution in [0.4, 0.5) is 10.1 Å². The predicted octanol–water partition coefficient (Wildman–Crippen LogP) is 5.91. The average Bonchev–Trinajstić information content (AvgIpc) is 2.63. The highest BCUT2D eigenvalue weighted by Crippen LogP contribution is 2.41. The number of carbonyl (C=O) groups is 2. The van der Waals surface area contributed by atoms with Crippen molar-refractivity contribution >= 4 is 37.2 Å². The summed E-state index contributed by atoms with van der Waals surface area (Å²) < 4.78 is 19.9. The fraction of sp³-hybridized carbons (Fsp3) is 0.565. The first kappa shape index (κ1) is 27.0. The van der Waals surface area contributed by atoms with Gasteiger partial charge in [-0.2, -0.15) is 0 Å². The number of aliphatic carboxylic acids is 1. The molecule has 0 saturated heterocycles. The standard InChI is InChI=1S/C23H33ClFNO4Si/c1-14(2)31(15(3)4,16(5)6)11-10-21(27)26(23(7,8)22(28)29)19-12-17(24)20(30-9)13-18(19)25/h12-16H,1-9H3,(H,28,29). The number of amides is 1. The fourth-order valence-corrected chi connectivity index (χ4v) is 9.68. The van der Waals surface area contributed by atoms with E-state index in [0.717, 1.165) is 11.0 Å². The van der Waals surface area contributed by atoms with E-state index >= 15 is 0 Å². The van der Waals surface area contributed by atoms with Gasteiger partial charge in [0.05, 0.1) is 17.8 Å². The number of hydrogen-bond donors (Lipinski definition) is 1. The Morgan fingerprint density at radius 2 is 1.61 bits per heavy atom. The molecule has 31 heavy (non-hydrogen) atoms. The number of methoxy groups -OCH3 is 1. The molecular weight excluding hydrogens is 437 g/mol. The second-order valence-corrected chi connectivity index (χ2v) is 15.1. The van der Waals surface area contributed by atoms with Gasteiger partial charge in [0, 0.05) is 6.07 Å². The van der Waals surface area contributed by atoms with Gasteiger partial charge in [0.1, 0.15) is 19.4 Å². The highest BCUT2D eigenvalue weighted by molar-refractivity contribution is 6.90. The minimum atomic E-state index is -2.26. The lowest BCUT2D eigenvalue weighted by atomic mass is 10.0. The number of carbonyl (C=O) groups excluding carboxylic acids is 1. The normalized spacial score (nSPS) is 12.1. The Labute approximate surface area is 190 Å². The van der Waals surface area contributed by atoms with E-state index < -0.39 is 31.3 Å². The van der Waals surface area contributed by atoms with Crippen LogP contribution in [0.25, 0.3) is 0 Å². The molecule has 0 saturated carbocycles. The molecule has 0 spiro atoms. The molecule has 0 radical (unpaired) electrons. The van der Waals surface area contributed by atoms with Crippen LogP contribution in [0.5, 0.6) is 5.75 Å². The minimum absolute atomic E-state index is 0.0566. The van der Waals surface area contributed by atoms with E-state index in [1.54, 1.807) is 0 Å². The number of rotatable bonds is 7. The fourth-order valence-electron chi connectivity index (χ4n) is 4.26. The van der Waals surface area contributed by atoms with Crippen LogP contribution in [0.1, 0.15) is 55.4 Å². The van der Waals surface area contributed by atoms with Crippen molar-refractivity contribution < 1.29 is 23.8 Å². The van der Waals surface area contributed by atoms with Gasteiger partial charge in [-0.3, -0.25) is 9.69 Å². The van der Waals surface area contributed by atoms with E-state index in [-0.39, 0.29) is 33.1 Å². The van der Waals surface area contributed by atoms with Crippen LogP contribution in [0.15, 0.2) is 12.1 Å². The molecule has 0 aromatic heterocycles. The van der Waals surface area contributed by atoms with Crippen LogP contribution in [-0.2, 0) is 9.59 Å². The number of halogens is 2. The van der Waals surface area contributed by atoms with Crippen LogP contribution in [-0.4, -0.2) is 37.7 Å². The molecule has 0 atom stereocenters. The zero-order chi connectivity index (χ0) is 24.3. The summed E-state index contributed by atoms with van der Waals surface area (Å²) in [6.07, 6.45) is 0. The third-order valence-electron chi connectivity index (χ3n) is 6.00. The van der Waals surface area contributed by atoms with Crippen LogP contribution >= 0.6 is 11.6 Å². The number of anilines is 1. The van der Waals surface area contributed by atoms with Gasteiger partial charge in [-0.25, -0.2) is 9.18 Å². The molecule has 0 unspecified atom stereocenters. The van der Waals surface area contributed by atoms with Crippen LogP contribution in [0.3, 0.4) is 0 Å². The Balaban J connectivity index is 3.73. The zero-order valence-electron chi connectivity index (χ0n) is 19.8. The maximum atomic E-state index is 14.9. The van der Waals surface area contributed by atoms with Crippen LogP contribution < -0.4 is 9.64 Å². The van der Waals surface area contributed by atoms with E-state index in [0.29, 0.717) is 0 Å². The van der Waals surface area contributed by atoms with Gasteiger partial charge in [0.2, 0.25) is 0 Å². The zero-order valence-corrected chi connectivity index (χ0v) is 21.5. The van der Waals surface area contributed by atoms with Crippen molar-refractivity contribution in [1.82, 2.24) is 0 Å². The Morgan fingerprint density at radius 3 is 2.00 bits per heavy atom. The molecular formula is C23H33ClFNO4Si. The summed E-state index contributed by atoms with van der Waals surface area (Å²) in [5, 5.41) is 9.82. The Bertz CT molecular complexity index is 881. The van der Waals surface area contributed by atoms with E-state index in [4.69, 9.17) is 16.3 Å². The van der Waals surface area contributed by atoms with Crippen molar-refractivity contribution in [2.24, 2.45) is 0 Å². The number of hydrogen-bond acceptors (Lipinski definition) is 3. The maximum absolute atomic E-state index is 14.9. The SMILES string of the molecule is COc1cc(F)c(N(C(=O)C#C[Si](C(C)C)(C(C)C)C(C)C)C(C)(C)C(=O)O)cc1Cl. The molecule has 1 aromatic carbocycles. The molecule has 0 fully saturated rings. The summed E-state index contributed by atoms with van der Waals surface area (Å²) in [6.45, 7) is 15.3. The summed E-state index contributed by atoms with van der Waals surface area (Å²) in [5.41, 5.74) is 2.09. The monoisotopic (exact) mass is 469 g/mol. The molecule has 1 amide bonds. The van der Waals surface area contributed by atoms with Gasteiger partial charge in [0.15, 0.2) is 5.82 Å². The number of nitrogens with zero attached hydrogens (tertiary/aromatic N) is 1. The second kappa shape index (κ2) is 10.1. The van der Waals surface area contributed by atoms with Crippen molar-refractivity contribution in [3.05, 3.63) is 23.0 Å². The molecule has 8 heteroatoms. The smallest absolute Gasteiger partial charge is 0.329 e. The number of carboxylic acid groups (broad SMARTS) is 1. The van der Waals surface area contributed by atoms with Gasteiger partial charge in [-0.05, 0) is 42.5 Å². The van der Waals surface area contributed by atoms with Gasteiger partial charge < -0.3 is 9.84 Å². The van der Waals surface area contributed by atoms with Crippen molar-refractivity contribution in [1.29, 1.82) is 0 Å². The van der Waals surface area contributed by atoms with Crippen molar-refractivity contribution in [3.8, 4) is 17.2 Å². The molecule has 0 aliphatic carbocycles. The van der Waals surface area contributed by atoms with E-state index in [1.165, 1.54) is 27.0 Å². The Hall–Kier alpha value is -2.04. The largest absolute Gasteiger partial charge is 0.495 e. The third-order valence-corrected chi connectivity index (χ3v) is 12.6. The molecule has 1 aromatic rings. The molecule has 0 heterocycles. The van der Waals surface area contributed by atoms with Gasteiger partial charge in [-0.1, -0.05) is 53.1 Å². The van der Waals surface area contributed by atoms with E-state index in [2.05, 4.69) is 53.0 Å². The van der Waals surface area contributed by atoms with Crippen molar-refractivity contribution in [2.45, 2.75) is 77.6 Å². The van der Waals surface area contributed by atoms with Gasteiger partial charge in [-0.15, -0.1) is 5.54 Å². The van der Waals surface area contributed by atoms with E-state index in [1.807, 2.05) is 0 Å². The average molecular weight is 470 g/mol. The number of carboxylic acids is 1. The molecule has 0 aliphatic heterocycles. The summed E-state index contributed by atoms with van der Waals surface area (Å²) >= 11 is 6.15. The summed E-state index contributed by atoms with van der Waals surface area (Å²) in [4.78, 5) is 26.1. The van der Waals surface area contributed by atoms with Gasteiger partial charge >= 0.3 is 11.9 Å². The van der Waals surface area contributed by atoms with E-state index in [9.17, 15) is 19.1 Å². The Kier molecular flexibility index (Phi) is 8.75. The minimum Gasteiger partial charge on any atom is -0.495 e. The lowest BCUT2D eigenvalue weighted by Gasteiger charge is -2.38. The lowest BCUT2D eigenvalue weighted by molar-refractivity contribution is -0.143. The summed E-state index contributed by atoms with van der Waals surface area (Å²) in [7, 11) is -0.921. The van der Waals surface area contributed by atoms with Crippen molar-refractivity contribution in [2.75, 3.05) is 12.0 Å². The number of benzene rings is 1. The van der Waals surface area contributed by atoms with Crippen LogP contribution in [0.2, 0.25) is 21.6 Å². The van der Waals surface area contributed by atoms with Gasteiger partial charge in [0.25, 0.3) is 0 Å². The Morgan fingerprint density at radius 1 is 1.13 bits per heavy atom. The quantitative estimate of drug-likeness (QED) is 0.398. The first-order valence-corrected chi connectivity index (χ1v) is 12.9. The number of ether oxygens (including phenoxy) is 1. The van der Waals surface area contributed by atoms with Crippen molar-refractivity contribution in [3.63, 3.8) is 0 Å². The highest BCUT2D eigenvalue weighted by atomic mass is 35.5. The molecule has 1 N–H and O–H groups in total. The predicted molar refractivity (Wildman–Crippen MR) is 126 cm³/mol. The third kappa shape index (κ3) is 5.24. The molecule has 172 valence electrons. The van der Waals surface area contributed by atoms with Crippen LogP contribution in [0, 0.1) is 17.3 Å². The summed E-state index contributed by atoms with van der Waals surface area (Å²) in [6, 6.07) is 2.22. The summed E-state index contributed by atoms with van der Waals surface area (Å²) in [5.74, 6) is -0.130. The molecule has 0 bridgehead atoms. The lowest BCUT2D eigenvalue weighted by Crippen LogP contribution is -2.53. The molecule has 0 aliphatic rings. The molecule has 1 rings (SSSR count). The molecule has 5 nitrogen and oxygen atoms in total. The maximum Gasteiger partial charge on any atom is 0.329 e.